The Morgan fingerprint density at radius 2 is 2.19 bits per heavy atom. The average molecular weight is 377 g/mol. The molecule has 1 fully saturated rings. The number of amides is 2. The number of aromatic nitrogens is 2. The van der Waals surface area contributed by atoms with E-state index in [1.807, 2.05) is 0 Å². The Bertz CT molecular complexity index is 797. The van der Waals surface area contributed by atoms with Crippen LogP contribution in [0.15, 0.2) is 36.7 Å². The molecule has 2 aromatic rings. The van der Waals surface area contributed by atoms with Crippen LogP contribution >= 0.6 is 0 Å². The van der Waals surface area contributed by atoms with Gasteiger partial charge < -0.3 is 10.6 Å². The largest absolute Gasteiger partial charge is 0.354 e. The van der Waals surface area contributed by atoms with Crippen LogP contribution < -0.4 is 10.6 Å². The van der Waals surface area contributed by atoms with Gasteiger partial charge in [-0.05, 0) is 23.8 Å². The molecule has 1 aromatic heterocycles. The van der Waals surface area contributed by atoms with Crippen LogP contribution in [0.1, 0.15) is 12.0 Å². The summed E-state index contributed by atoms with van der Waals surface area (Å²) in [7, 11) is 0. The first-order valence-electron chi connectivity index (χ1n) is 8.73. The van der Waals surface area contributed by atoms with Crippen LogP contribution in [0.3, 0.4) is 0 Å². The summed E-state index contributed by atoms with van der Waals surface area (Å²) in [6, 6.07) is 4.79. The van der Waals surface area contributed by atoms with Crippen molar-refractivity contribution in [2.75, 3.05) is 19.6 Å². The van der Waals surface area contributed by atoms with Gasteiger partial charge in [-0.15, -0.1) is 0 Å². The van der Waals surface area contributed by atoms with Crippen molar-refractivity contribution in [2.45, 2.75) is 25.6 Å². The maximum atomic E-state index is 13.4. The fourth-order valence-electron chi connectivity index (χ4n) is 3.04. The number of rotatable bonds is 7. The molecule has 9 heteroatoms. The van der Waals surface area contributed by atoms with E-state index in [0.717, 1.165) is 12.1 Å². The summed E-state index contributed by atoms with van der Waals surface area (Å²) in [6.07, 6.45) is 3.45. The Balaban J connectivity index is 1.57. The monoisotopic (exact) mass is 377 g/mol. The van der Waals surface area contributed by atoms with Gasteiger partial charge in [-0.3, -0.25) is 19.2 Å². The molecule has 1 aliphatic rings. The van der Waals surface area contributed by atoms with E-state index in [1.54, 1.807) is 28.0 Å². The summed E-state index contributed by atoms with van der Waals surface area (Å²) >= 11 is 0. The fraction of sp³-hybridized carbons (Fsp3) is 0.389. The summed E-state index contributed by atoms with van der Waals surface area (Å²) in [4.78, 5) is 26.3. The maximum Gasteiger partial charge on any atom is 0.237 e. The molecule has 3 rings (SSSR count). The number of hydrogen-bond acceptors (Lipinski definition) is 4. The number of piperazine rings is 1. The number of benzene rings is 1. The zero-order valence-electron chi connectivity index (χ0n) is 14.7. The van der Waals surface area contributed by atoms with E-state index >= 15 is 0 Å². The Hall–Kier alpha value is -2.81. The third kappa shape index (κ3) is 5.10. The highest BCUT2D eigenvalue weighted by Gasteiger charge is 2.31. The lowest BCUT2D eigenvalue weighted by Gasteiger charge is -2.34. The number of carbonyl (C=O) groups excluding carboxylic acids is 2. The van der Waals surface area contributed by atoms with Crippen LogP contribution in [0, 0.1) is 11.6 Å². The summed E-state index contributed by atoms with van der Waals surface area (Å²) in [5.41, 5.74) is 0.549. The fourth-order valence-corrected chi connectivity index (χ4v) is 3.04. The van der Waals surface area contributed by atoms with Crippen molar-refractivity contribution in [2.24, 2.45) is 0 Å². The SMILES string of the molecule is O=C(CC1C(=O)NCCN1Cc1ccc(F)c(F)c1)NCCn1cccn1. The highest BCUT2D eigenvalue weighted by molar-refractivity contribution is 5.88. The minimum atomic E-state index is -0.929. The first-order chi connectivity index (χ1) is 13.0. The van der Waals surface area contributed by atoms with E-state index in [2.05, 4.69) is 15.7 Å². The molecule has 0 spiro atoms. The van der Waals surface area contributed by atoms with Gasteiger partial charge in [0.25, 0.3) is 0 Å². The molecule has 2 N–H and O–H groups in total. The number of nitrogens with one attached hydrogen (secondary N) is 2. The average Bonchev–Trinajstić information content (AvgIpc) is 3.14. The van der Waals surface area contributed by atoms with Crippen LogP contribution in [0.5, 0.6) is 0 Å². The molecule has 144 valence electrons. The number of nitrogens with zero attached hydrogens (tertiary/aromatic N) is 3. The first-order valence-corrected chi connectivity index (χ1v) is 8.73. The maximum absolute atomic E-state index is 13.4. The molecule has 1 aliphatic heterocycles. The molecule has 0 aliphatic carbocycles. The van der Waals surface area contributed by atoms with Crippen LogP contribution in [-0.4, -0.2) is 52.2 Å². The van der Waals surface area contributed by atoms with Crippen LogP contribution in [0.2, 0.25) is 0 Å². The van der Waals surface area contributed by atoms with Crippen molar-refractivity contribution in [3.8, 4) is 0 Å². The van der Waals surface area contributed by atoms with E-state index in [4.69, 9.17) is 0 Å². The van der Waals surface area contributed by atoms with Gasteiger partial charge in [-0.2, -0.15) is 5.10 Å². The van der Waals surface area contributed by atoms with Crippen molar-refractivity contribution in [3.63, 3.8) is 0 Å². The predicted molar refractivity (Wildman–Crippen MR) is 93.4 cm³/mol. The van der Waals surface area contributed by atoms with E-state index in [0.29, 0.717) is 31.7 Å². The molecule has 1 saturated heterocycles. The van der Waals surface area contributed by atoms with E-state index in [1.165, 1.54) is 6.07 Å². The van der Waals surface area contributed by atoms with Crippen molar-refractivity contribution < 1.29 is 18.4 Å². The standard InChI is InChI=1S/C18H21F2N5O2/c19-14-3-2-13(10-15(14)20)12-24-8-5-22-18(27)16(24)11-17(26)21-6-9-25-7-1-4-23-25/h1-4,7,10,16H,5-6,8-9,11-12H2,(H,21,26)(H,22,27). The van der Waals surface area contributed by atoms with Gasteiger partial charge in [-0.1, -0.05) is 6.07 Å². The van der Waals surface area contributed by atoms with Crippen molar-refractivity contribution in [1.29, 1.82) is 0 Å². The van der Waals surface area contributed by atoms with Gasteiger partial charge in [0, 0.05) is 38.6 Å². The van der Waals surface area contributed by atoms with Crippen molar-refractivity contribution in [3.05, 3.63) is 53.9 Å². The first kappa shape index (κ1) is 19.0. The molecular formula is C18H21F2N5O2. The van der Waals surface area contributed by atoms with Gasteiger partial charge in [0.1, 0.15) is 0 Å². The molecule has 2 amide bonds. The molecule has 1 atom stereocenters. The van der Waals surface area contributed by atoms with Gasteiger partial charge in [-0.25, -0.2) is 8.78 Å². The molecule has 7 nitrogen and oxygen atoms in total. The molecule has 0 radical (unpaired) electrons. The molecule has 0 saturated carbocycles. The van der Waals surface area contributed by atoms with Crippen LogP contribution in [0.25, 0.3) is 0 Å². The van der Waals surface area contributed by atoms with Gasteiger partial charge >= 0.3 is 0 Å². The smallest absolute Gasteiger partial charge is 0.237 e. The third-order valence-corrected chi connectivity index (χ3v) is 4.41. The Morgan fingerprint density at radius 3 is 2.93 bits per heavy atom. The Morgan fingerprint density at radius 1 is 1.33 bits per heavy atom. The predicted octanol–water partition coefficient (Wildman–Crippen LogP) is 0.668. The second-order valence-corrected chi connectivity index (χ2v) is 6.35. The van der Waals surface area contributed by atoms with E-state index in [-0.39, 0.29) is 24.8 Å². The highest BCUT2D eigenvalue weighted by Crippen LogP contribution is 2.16. The van der Waals surface area contributed by atoms with Crippen molar-refractivity contribution >= 4 is 11.8 Å². The zero-order valence-corrected chi connectivity index (χ0v) is 14.7. The highest BCUT2D eigenvalue weighted by atomic mass is 19.2. The summed E-state index contributed by atoms with van der Waals surface area (Å²) < 4.78 is 28.2. The van der Waals surface area contributed by atoms with Crippen LogP contribution in [0.4, 0.5) is 8.78 Å². The second-order valence-electron chi connectivity index (χ2n) is 6.35. The van der Waals surface area contributed by atoms with E-state index in [9.17, 15) is 18.4 Å². The van der Waals surface area contributed by atoms with E-state index < -0.39 is 17.7 Å². The quantitative estimate of drug-likeness (QED) is 0.743. The third-order valence-electron chi connectivity index (χ3n) is 4.41. The Labute approximate surface area is 155 Å². The summed E-state index contributed by atoms with van der Waals surface area (Å²) in [5.74, 6) is -2.34. The minimum absolute atomic E-state index is 0.00534. The lowest BCUT2D eigenvalue weighted by Crippen LogP contribution is -2.56. The van der Waals surface area contributed by atoms with Gasteiger partial charge in [0.2, 0.25) is 11.8 Å². The van der Waals surface area contributed by atoms with Crippen LogP contribution in [-0.2, 0) is 22.7 Å². The summed E-state index contributed by atoms with van der Waals surface area (Å²) in [5, 5.41) is 9.57. The minimum Gasteiger partial charge on any atom is -0.354 e. The number of halogens is 2. The molecule has 1 aromatic carbocycles. The molecule has 2 heterocycles. The lowest BCUT2D eigenvalue weighted by molar-refractivity contribution is -0.134. The van der Waals surface area contributed by atoms with Gasteiger partial charge in [0.15, 0.2) is 11.6 Å². The Kier molecular flexibility index (Phi) is 6.12. The summed E-state index contributed by atoms with van der Waals surface area (Å²) in [6.45, 7) is 2.16. The molecule has 0 bridgehead atoms. The lowest BCUT2D eigenvalue weighted by atomic mass is 10.1. The molecule has 1 unspecified atom stereocenters. The van der Waals surface area contributed by atoms with Crippen molar-refractivity contribution in [1.82, 2.24) is 25.3 Å². The topological polar surface area (TPSA) is 79.3 Å². The number of hydrogen-bond donors (Lipinski definition) is 2. The normalized spacial score (nSPS) is 17.6. The van der Waals surface area contributed by atoms with Gasteiger partial charge in [0.05, 0.1) is 19.0 Å². The molecule has 27 heavy (non-hydrogen) atoms. The zero-order chi connectivity index (χ0) is 19.2. The second kappa shape index (κ2) is 8.72. The number of carbonyl (C=O) groups is 2. The molecular weight excluding hydrogens is 356 g/mol.